The molecule has 0 unspecified atom stereocenters. The molecule has 0 aliphatic heterocycles. The van der Waals surface area contributed by atoms with Crippen molar-refractivity contribution < 1.29 is 9.59 Å². The number of hydrogen-bond acceptors (Lipinski definition) is 3. The quantitative estimate of drug-likeness (QED) is 0.689. The van der Waals surface area contributed by atoms with Gasteiger partial charge in [0.2, 0.25) is 5.91 Å². The Balaban J connectivity index is 1.96. The molecule has 1 heterocycles. The lowest BCUT2D eigenvalue weighted by Gasteiger charge is -2.13. The Labute approximate surface area is 158 Å². The summed E-state index contributed by atoms with van der Waals surface area (Å²) in [5.41, 5.74) is 1.05. The van der Waals surface area contributed by atoms with Crippen molar-refractivity contribution >= 4 is 44.3 Å². The zero-order valence-corrected chi connectivity index (χ0v) is 15.5. The third-order valence-electron chi connectivity index (χ3n) is 3.92. The first-order chi connectivity index (χ1) is 12.5. The first-order valence-corrected chi connectivity index (χ1v) is 8.69. The van der Waals surface area contributed by atoms with Gasteiger partial charge in [0, 0.05) is 28.7 Å². The van der Waals surface area contributed by atoms with Gasteiger partial charge in [0.05, 0.1) is 11.1 Å². The molecule has 7 heteroatoms. The highest BCUT2D eigenvalue weighted by molar-refractivity contribution is 9.10. The van der Waals surface area contributed by atoms with Crippen molar-refractivity contribution in [2.45, 2.75) is 6.54 Å². The summed E-state index contributed by atoms with van der Waals surface area (Å²) in [5, 5.41) is 5.90. The van der Waals surface area contributed by atoms with Crippen molar-refractivity contribution in [1.82, 2.24) is 9.88 Å². The van der Waals surface area contributed by atoms with E-state index in [4.69, 9.17) is 0 Å². The average Bonchev–Trinajstić information content (AvgIpc) is 2.65. The van der Waals surface area contributed by atoms with Gasteiger partial charge in [-0.25, -0.2) is 0 Å². The standard InChI is InChI=1S/C19H16BrN3O3/c1-21-19(26)15-10-18(25)23(16-5-3-2-4-14(15)16)11-17(24)22-13-8-6-12(20)7-9-13/h2-10H,11H2,1H3,(H,21,26)(H,22,24). The number of hydrogen-bond donors (Lipinski definition) is 2. The van der Waals surface area contributed by atoms with Gasteiger partial charge in [0.15, 0.2) is 0 Å². The minimum absolute atomic E-state index is 0.149. The number of rotatable bonds is 4. The van der Waals surface area contributed by atoms with E-state index in [0.717, 1.165) is 4.47 Å². The lowest BCUT2D eigenvalue weighted by Crippen LogP contribution is -2.30. The second-order valence-corrected chi connectivity index (χ2v) is 6.55. The first kappa shape index (κ1) is 17.9. The molecule has 26 heavy (non-hydrogen) atoms. The van der Waals surface area contributed by atoms with Crippen LogP contribution in [0.2, 0.25) is 0 Å². The van der Waals surface area contributed by atoms with Gasteiger partial charge in [0.1, 0.15) is 6.54 Å². The van der Waals surface area contributed by atoms with Crippen molar-refractivity contribution in [3.05, 3.63) is 75.0 Å². The highest BCUT2D eigenvalue weighted by Crippen LogP contribution is 2.18. The van der Waals surface area contributed by atoms with Crippen LogP contribution in [0.1, 0.15) is 10.4 Å². The number of benzene rings is 2. The summed E-state index contributed by atoms with van der Waals surface area (Å²) in [6, 6.07) is 15.4. The molecular weight excluding hydrogens is 398 g/mol. The maximum atomic E-state index is 12.5. The second kappa shape index (κ2) is 7.53. The number of fused-ring (bicyclic) bond motifs is 1. The van der Waals surface area contributed by atoms with Crippen LogP contribution in [0.25, 0.3) is 10.9 Å². The molecule has 0 spiro atoms. The van der Waals surface area contributed by atoms with Crippen LogP contribution < -0.4 is 16.2 Å². The highest BCUT2D eigenvalue weighted by atomic mass is 79.9. The summed E-state index contributed by atoms with van der Waals surface area (Å²) in [4.78, 5) is 36.9. The van der Waals surface area contributed by atoms with Crippen molar-refractivity contribution in [1.29, 1.82) is 0 Å². The van der Waals surface area contributed by atoms with E-state index in [-0.39, 0.29) is 23.9 Å². The first-order valence-electron chi connectivity index (χ1n) is 7.89. The van der Waals surface area contributed by atoms with Gasteiger partial charge in [-0.1, -0.05) is 34.1 Å². The zero-order chi connectivity index (χ0) is 18.7. The number of amides is 2. The van der Waals surface area contributed by atoms with E-state index in [2.05, 4.69) is 26.6 Å². The molecule has 6 nitrogen and oxygen atoms in total. The summed E-state index contributed by atoms with van der Waals surface area (Å²) < 4.78 is 2.26. The minimum atomic E-state index is -0.409. The predicted molar refractivity (Wildman–Crippen MR) is 104 cm³/mol. The maximum absolute atomic E-state index is 12.5. The molecule has 0 fully saturated rings. The Morgan fingerprint density at radius 1 is 1.08 bits per heavy atom. The molecule has 132 valence electrons. The molecular formula is C19H16BrN3O3. The van der Waals surface area contributed by atoms with Crippen LogP contribution in [0.5, 0.6) is 0 Å². The Morgan fingerprint density at radius 3 is 2.46 bits per heavy atom. The number of halogens is 1. The van der Waals surface area contributed by atoms with E-state index >= 15 is 0 Å². The smallest absolute Gasteiger partial charge is 0.252 e. The van der Waals surface area contributed by atoms with Crippen LogP contribution in [-0.2, 0) is 11.3 Å². The number of carbonyl (C=O) groups is 2. The molecule has 3 rings (SSSR count). The van der Waals surface area contributed by atoms with Crippen molar-refractivity contribution in [2.24, 2.45) is 0 Å². The van der Waals surface area contributed by atoms with Gasteiger partial charge in [-0.05, 0) is 30.3 Å². The van der Waals surface area contributed by atoms with Crippen LogP contribution in [0, 0.1) is 0 Å². The Morgan fingerprint density at radius 2 is 1.77 bits per heavy atom. The predicted octanol–water partition coefficient (Wildman–Crippen LogP) is 2.76. The molecule has 2 N–H and O–H groups in total. The number of carbonyl (C=O) groups excluding carboxylic acids is 2. The van der Waals surface area contributed by atoms with Gasteiger partial charge in [-0.2, -0.15) is 0 Å². The van der Waals surface area contributed by atoms with E-state index in [1.54, 1.807) is 36.4 Å². The average molecular weight is 414 g/mol. The maximum Gasteiger partial charge on any atom is 0.252 e. The largest absolute Gasteiger partial charge is 0.355 e. The molecule has 0 bridgehead atoms. The van der Waals surface area contributed by atoms with E-state index < -0.39 is 5.56 Å². The van der Waals surface area contributed by atoms with Gasteiger partial charge >= 0.3 is 0 Å². The molecule has 0 saturated carbocycles. The second-order valence-electron chi connectivity index (χ2n) is 5.63. The fourth-order valence-corrected chi connectivity index (χ4v) is 2.96. The van der Waals surface area contributed by atoms with E-state index in [9.17, 15) is 14.4 Å². The van der Waals surface area contributed by atoms with Crippen LogP contribution in [0.3, 0.4) is 0 Å². The number of anilines is 1. The Kier molecular flexibility index (Phi) is 5.18. The summed E-state index contributed by atoms with van der Waals surface area (Å²) >= 11 is 3.34. The fourth-order valence-electron chi connectivity index (χ4n) is 2.70. The summed E-state index contributed by atoms with van der Waals surface area (Å²) in [7, 11) is 1.51. The van der Waals surface area contributed by atoms with Gasteiger partial charge in [-0.3, -0.25) is 19.0 Å². The molecule has 0 aliphatic rings. The Bertz CT molecular complexity index is 1040. The topological polar surface area (TPSA) is 80.2 Å². The molecule has 0 radical (unpaired) electrons. The van der Waals surface area contributed by atoms with E-state index in [0.29, 0.717) is 16.6 Å². The van der Waals surface area contributed by atoms with Gasteiger partial charge in [-0.15, -0.1) is 0 Å². The molecule has 0 atom stereocenters. The zero-order valence-electron chi connectivity index (χ0n) is 14.0. The number of pyridine rings is 1. The van der Waals surface area contributed by atoms with Crippen molar-refractivity contribution in [3.8, 4) is 0 Å². The molecule has 3 aromatic rings. The number of para-hydroxylation sites is 1. The lowest BCUT2D eigenvalue weighted by atomic mass is 10.1. The monoisotopic (exact) mass is 413 g/mol. The SMILES string of the molecule is CNC(=O)c1cc(=O)n(CC(=O)Nc2ccc(Br)cc2)c2ccccc12. The minimum Gasteiger partial charge on any atom is -0.355 e. The molecule has 2 aromatic carbocycles. The molecule has 0 aliphatic carbocycles. The van der Waals surface area contributed by atoms with Crippen LogP contribution >= 0.6 is 15.9 Å². The van der Waals surface area contributed by atoms with Crippen LogP contribution in [0.4, 0.5) is 5.69 Å². The van der Waals surface area contributed by atoms with Gasteiger partial charge in [0.25, 0.3) is 11.5 Å². The number of aromatic nitrogens is 1. The Hall–Kier alpha value is -2.93. The van der Waals surface area contributed by atoms with E-state index in [1.807, 2.05) is 12.1 Å². The molecule has 0 saturated heterocycles. The third kappa shape index (κ3) is 3.67. The molecule has 2 amide bonds. The fraction of sp³-hybridized carbons (Fsp3) is 0.105. The summed E-state index contributed by atoms with van der Waals surface area (Å²) in [6.07, 6.45) is 0. The van der Waals surface area contributed by atoms with Crippen LogP contribution in [0.15, 0.2) is 63.9 Å². The highest BCUT2D eigenvalue weighted by Gasteiger charge is 2.15. The lowest BCUT2D eigenvalue weighted by molar-refractivity contribution is -0.116. The number of nitrogens with one attached hydrogen (secondary N) is 2. The van der Waals surface area contributed by atoms with Crippen molar-refractivity contribution in [2.75, 3.05) is 12.4 Å². The normalized spacial score (nSPS) is 10.5. The number of nitrogens with zero attached hydrogens (tertiary/aromatic N) is 1. The van der Waals surface area contributed by atoms with E-state index in [1.165, 1.54) is 17.7 Å². The summed E-state index contributed by atoms with van der Waals surface area (Å²) in [5.74, 6) is -0.669. The third-order valence-corrected chi connectivity index (χ3v) is 4.45. The molecule has 1 aromatic heterocycles. The van der Waals surface area contributed by atoms with Crippen molar-refractivity contribution in [3.63, 3.8) is 0 Å². The van der Waals surface area contributed by atoms with Gasteiger partial charge < -0.3 is 10.6 Å². The van der Waals surface area contributed by atoms with Crippen LogP contribution in [-0.4, -0.2) is 23.4 Å². The summed E-state index contributed by atoms with van der Waals surface area (Å²) in [6.45, 7) is -0.149.